The average Bonchev–Trinajstić information content (AvgIpc) is 2.97. The fourth-order valence-corrected chi connectivity index (χ4v) is 2.52. The molecule has 6 heteroatoms. The van der Waals surface area contributed by atoms with E-state index in [4.69, 9.17) is 9.84 Å². The maximum atomic E-state index is 9.15. The predicted octanol–water partition coefficient (Wildman–Crippen LogP) is 2.62. The second-order valence-electron chi connectivity index (χ2n) is 5.68. The largest absolute Gasteiger partial charge is 0.496 e. The minimum atomic E-state index is 0.0313. The maximum absolute atomic E-state index is 9.15. The van der Waals surface area contributed by atoms with Gasteiger partial charge in [0, 0.05) is 12.1 Å². The van der Waals surface area contributed by atoms with Gasteiger partial charge in [-0.25, -0.2) is 15.0 Å². The van der Waals surface area contributed by atoms with Crippen LogP contribution in [-0.4, -0.2) is 38.3 Å². The number of hydrogen-bond acceptors (Lipinski definition) is 5. The Morgan fingerprint density at radius 1 is 1.26 bits per heavy atom. The van der Waals surface area contributed by atoms with Crippen LogP contribution in [0.3, 0.4) is 0 Å². The third-order valence-corrected chi connectivity index (χ3v) is 3.83. The second-order valence-corrected chi connectivity index (χ2v) is 5.68. The predicted molar refractivity (Wildman–Crippen MR) is 88.5 cm³/mol. The third kappa shape index (κ3) is 2.90. The summed E-state index contributed by atoms with van der Waals surface area (Å²) in [5.41, 5.74) is 4.09. The molecule has 1 N–H and O–H groups in total. The molecule has 6 nitrogen and oxygen atoms in total. The van der Waals surface area contributed by atoms with Crippen molar-refractivity contribution in [2.45, 2.75) is 26.3 Å². The number of imidazole rings is 1. The lowest BCUT2D eigenvalue weighted by Crippen LogP contribution is -2.02. The molecule has 3 aromatic rings. The summed E-state index contributed by atoms with van der Waals surface area (Å²) in [5.74, 6) is 1.17. The number of aliphatic hydroxyl groups is 1. The Kier molecular flexibility index (Phi) is 4.25. The number of aliphatic hydroxyl groups excluding tert-OH is 1. The van der Waals surface area contributed by atoms with Crippen LogP contribution in [0.25, 0.3) is 22.6 Å². The molecule has 2 heterocycles. The van der Waals surface area contributed by atoms with Crippen molar-refractivity contribution in [3.8, 4) is 17.0 Å². The number of fused-ring (bicyclic) bond motifs is 1. The molecule has 23 heavy (non-hydrogen) atoms. The Balaban J connectivity index is 2.15. The van der Waals surface area contributed by atoms with Crippen LogP contribution >= 0.6 is 0 Å². The van der Waals surface area contributed by atoms with Gasteiger partial charge in [-0.1, -0.05) is 19.9 Å². The lowest BCUT2D eigenvalue weighted by molar-refractivity contribution is 0.277. The van der Waals surface area contributed by atoms with Crippen molar-refractivity contribution in [1.82, 2.24) is 19.5 Å². The highest BCUT2D eigenvalue weighted by molar-refractivity contribution is 5.74. The zero-order valence-corrected chi connectivity index (χ0v) is 13.5. The van der Waals surface area contributed by atoms with E-state index in [0.717, 1.165) is 17.0 Å². The molecule has 120 valence electrons. The lowest BCUT2D eigenvalue weighted by atomic mass is 9.99. The van der Waals surface area contributed by atoms with Crippen molar-refractivity contribution < 1.29 is 9.84 Å². The van der Waals surface area contributed by atoms with E-state index in [1.54, 1.807) is 24.2 Å². The molecule has 0 aliphatic rings. The quantitative estimate of drug-likeness (QED) is 0.784. The van der Waals surface area contributed by atoms with Crippen molar-refractivity contribution in [1.29, 1.82) is 0 Å². The number of methoxy groups -OCH3 is 1. The van der Waals surface area contributed by atoms with E-state index in [9.17, 15) is 0 Å². The number of aromatic nitrogens is 4. The molecule has 0 radical (unpaired) electrons. The molecule has 3 rings (SSSR count). The molecule has 0 unspecified atom stereocenters. The smallest absolute Gasteiger partial charge is 0.197 e. The second kappa shape index (κ2) is 6.34. The Bertz CT molecular complexity index is 827. The summed E-state index contributed by atoms with van der Waals surface area (Å²) in [6.07, 6.45) is 3.35. The molecule has 0 saturated carbocycles. The molecule has 0 aliphatic heterocycles. The van der Waals surface area contributed by atoms with E-state index in [1.165, 1.54) is 5.56 Å². The third-order valence-electron chi connectivity index (χ3n) is 3.83. The summed E-state index contributed by atoms with van der Waals surface area (Å²) in [6.45, 7) is 4.77. The van der Waals surface area contributed by atoms with Gasteiger partial charge >= 0.3 is 0 Å². The highest BCUT2D eigenvalue weighted by atomic mass is 16.5. The van der Waals surface area contributed by atoms with Crippen LogP contribution in [-0.2, 0) is 6.54 Å². The molecule has 0 spiro atoms. The first-order valence-corrected chi connectivity index (χ1v) is 7.61. The molecule has 0 aliphatic carbocycles. The van der Waals surface area contributed by atoms with E-state index in [0.29, 0.717) is 23.8 Å². The summed E-state index contributed by atoms with van der Waals surface area (Å²) >= 11 is 0. The van der Waals surface area contributed by atoms with Gasteiger partial charge < -0.3 is 14.4 Å². The van der Waals surface area contributed by atoms with Gasteiger partial charge in [0.15, 0.2) is 11.3 Å². The van der Waals surface area contributed by atoms with Crippen molar-refractivity contribution in [2.24, 2.45) is 0 Å². The van der Waals surface area contributed by atoms with Gasteiger partial charge in [-0.05, 0) is 23.6 Å². The van der Waals surface area contributed by atoms with Gasteiger partial charge in [-0.3, -0.25) is 0 Å². The Labute approximate surface area is 134 Å². The van der Waals surface area contributed by atoms with E-state index in [2.05, 4.69) is 40.9 Å². The summed E-state index contributed by atoms with van der Waals surface area (Å²) in [6, 6.07) is 6.11. The van der Waals surface area contributed by atoms with Crippen LogP contribution in [0.5, 0.6) is 5.75 Å². The highest BCUT2D eigenvalue weighted by Gasteiger charge is 2.13. The molecule has 1 aromatic carbocycles. The minimum Gasteiger partial charge on any atom is -0.496 e. The van der Waals surface area contributed by atoms with Gasteiger partial charge in [0.1, 0.15) is 5.75 Å². The molecule has 0 bridgehead atoms. The first-order valence-electron chi connectivity index (χ1n) is 7.61. The zero-order valence-electron chi connectivity index (χ0n) is 13.5. The number of ether oxygens (including phenoxy) is 1. The van der Waals surface area contributed by atoms with Crippen molar-refractivity contribution in [3.05, 3.63) is 36.3 Å². The van der Waals surface area contributed by atoms with E-state index in [-0.39, 0.29) is 6.61 Å². The van der Waals surface area contributed by atoms with Crippen molar-refractivity contribution in [2.75, 3.05) is 13.7 Å². The summed E-state index contributed by atoms with van der Waals surface area (Å²) in [4.78, 5) is 13.3. The van der Waals surface area contributed by atoms with Crippen LogP contribution in [0.15, 0.2) is 30.7 Å². The van der Waals surface area contributed by atoms with E-state index >= 15 is 0 Å². The Morgan fingerprint density at radius 3 is 2.78 bits per heavy atom. The summed E-state index contributed by atoms with van der Waals surface area (Å²) in [7, 11) is 1.65. The highest BCUT2D eigenvalue weighted by Crippen LogP contribution is 2.32. The first kappa shape index (κ1) is 15.4. The first-order chi connectivity index (χ1) is 11.1. The van der Waals surface area contributed by atoms with Crippen LogP contribution in [0.4, 0.5) is 0 Å². The Hall–Kier alpha value is -2.47. The fourth-order valence-electron chi connectivity index (χ4n) is 2.52. The van der Waals surface area contributed by atoms with Gasteiger partial charge in [-0.15, -0.1) is 0 Å². The number of benzene rings is 1. The summed E-state index contributed by atoms with van der Waals surface area (Å²) < 4.78 is 7.27. The van der Waals surface area contributed by atoms with Gasteiger partial charge in [0.2, 0.25) is 0 Å². The van der Waals surface area contributed by atoms with Crippen LogP contribution < -0.4 is 4.74 Å². The minimum absolute atomic E-state index is 0.0313. The van der Waals surface area contributed by atoms with Crippen molar-refractivity contribution in [3.63, 3.8) is 0 Å². The molecule has 2 aromatic heterocycles. The van der Waals surface area contributed by atoms with Gasteiger partial charge in [0.25, 0.3) is 0 Å². The van der Waals surface area contributed by atoms with E-state index < -0.39 is 0 Å². The normalized spacial score (nSPS) is 11.3. The van der Waals surface area contributed by atoms with E-state index in [1.807, 2.05) is 6.07 Å². The van der Waals surface area contributed by atoms with Crippen molar-refractivity contribution >= 4 is 11.3 Å². The molecule has 0 saturated heterocycles. The average molecular weight is 312 g/mol. The molecular weight excluding hydrogens is 292 g/mol. The van der Waals surface area contributed by atoms with Crippen LogP contribution in [0.2, 0.25) is 0 Å². The SMILES string of the molecule is COc1ccc(C(C)C)cc1-c1cnc2ncn(CCO)c2n1. The van der Waals surface area contributed by atoms with Gasteiger partial charge in [0.05, 0.1) is 31.9 Å². The fraction of sp³-hybridized carbons (Fsp3) is 0.353. The standard InChI is InChI=1S/C17H20N4O2/c1-11(2)12-4-5-15(23-3)13(8-12)14-9-18-16-17(20-14)21(6-7-22)10-19-16/h4-5,8-11,22H,6-7H2,1-3H3. The zero-order chi connectivity index (χ0) is 16.4. The monoisotopic (exact) mass is 312 g/mol. The number of hydrogen-bond donors (Lipinski definition) is 1. The molecular formula is C17H20N4O2. The van der Waals surface area contributed by atoms with Crippen LogP contribution in [0.1, 0.15) is 25.3 Å². The lowest BCUT2D eigenvalue weighted by Gasteiger charge is -2.12. The van der Waals surface area contributed by atoms with Crippen LogP contribution in [0, 0.1) is 0 Å². The number of nitrogens with zero attached hydrogens (tertiary/aromatic N) is 4. The maximum Gasteiger partial charge on any atom is 0.197 e. The summed E-state index contributed by atoms with van der Waals surface area (Å²) in [5, 5.41) is 9.15. The Morgan fingerprint density at radius 2 is 2.09 bits per heavy atom. The molecule has 0 fully saturated rings. The topological polar surface area (TPSA) is 73.1 Å². The van der Waals surface area contributed by atoms with Gasteiger partial charge in [-0.2, -0.15) is 0 Å². The number of rotatable bonds is 5. The molecule has 0 atom stereocenters. The molecule has 0 amide bonds.